The number of rotatable bonds is 4. The highest BCUT2D eigenvalue weighted by atomic mass is 79.9. The molecule has 2 rings (SSSR count). The normalized spacial score (nSPS) is 13.8. The van der Waals surface area contributed by atoms with E-state index in [1.165, 1.54) is 0 Å². The zero-order valence-electron chi connectivity index (χ0n) is 10.8. The summed E-state index contributed by atoms with van der Waals surface area (Å²) in [6.07, 6.45) is -0.302. The summed E-state index contributed by atoms with van der Waals surface area (Å²) in [7, 11) is 0. The lowest BCUT2D eigenvalue weighted by Gasteiger charge is -2.24. The van der Waals surface area contributed by atoms with Crippen LogP contribution in [-0.4, -0.2) is 6.04 Å². The van der Waals surface area contributed by atoms with Gasteiger partial charge in [0.15, 0.2) is 0 Å². The van der Waals surface area contributed by atoms with Gasteiger partial charge in [-0.25, -0.2) is 0 Å². The van der Waals surface area contributed by atoms with E-state index < -0.39 is 0 Å². The topological polar surface area (TPSA) is 35.2 Å². The maximum Gasteiger partial charge on any atom is 0.140 e. The second kappa shape index (κ2) is 6.81. The Kier molecular flexibility index (Phi) is 5.33. The lowest BCUT2D eigenvalue weighted by atomic mass is 10.0. The predicted molar refractivity (Wildman–Crippen MR) is 87.6 cm³/mol. The number of ether oxygens (including phenoxy) is 1. The third-order valence-electron chi connectivity index (χ3n) is 2.80. The highest BCUT2D eigenvalue weighted by molar-refractivity contribution is 9.10. The van der Waals surface area contributed by atoms with Gasteiger partial charge in [0.05, 0.1) is 5.02 Å². The largest absolute Gasteiger partial charge is 0.482 e. The van der Waals surface area contributed by atoms with E-state index in [1.807, 2.05) is 31.2 Å². The summed E-state index contributed by atoms with van der Waals surface area (Å²) in [5.41, 5.74) is 7.02. The molecular weight excluding hydrogens is 361 g/mol. The second-order valence-corrected chi connectivity index (χ2v) is 6.29. The molecule has 0 aromatic heterocycles. The Morgan fingerprint density at radius 3 is 2.55 bits per heavy atom. The summed E-state index contributed by atoms with van der Waals surface area (Å²) in [5, 5.41) is 1.08. The molecule has 0 saturated carbocycles. The molecule has 0 aliphatic carbocycles. The number of nitrogens with two attached hydrogens (primary N) is 1. The first kappa shape index (κ1) is 15.6. The Morgan fingerprint density at radius 2 is 1.90 bits per heavy atom. The Morgan fingerprint density at radius 1 is 1.15 bits per heavy atom. The molecule has 0 aliphatic rings. The maximum absolute atomic E-state index is 6.13. The number of benzene rings is 2. The third kappa shape index (κ3) is 3.89. The Labute approximate surface area is 137 Å². The number of halogens is 3. The lowest BCUT2D eigenvalue weighted by Crippen LogP contribution is -2.29. The van der Waals surface area contributed by atoms with E-state index in [2.05, 4.69) is 15.9 Å². The third-order valence-corrected chi connectivity index (χ3v) is 3.84. The van der Waals surface area contributed by atoms with Gasteiger partial charge >= 0.3 is 0 Å². The van der Waals surface area contributed by atoms with Crippen LogP contribution in [0.25, 0.3) is 0 Å². The molecule has 0 amide bonds. The van der Waals surface area contributed by atoms with Crippen LogP contribution >= 0.6 is 39.1 Å². The van der Waals surface area contributed by atoms with Gasteiger partial charge in [-0.05, 0) is 36.8 Å². The van der Waals surface area contributed by atoms with E-state index >= 15 is 0 Å². The van der Waals surface area contributed by atoms with Crippen LogP contribution in [0.15, 0.2) is 46.9 Å². The molecule has 0 fully saturated rings. The van der Waals surface area contributed by atoms with E-state index in [-0.39, 0.29) is 12.1 Å². The van der Waals surface area contributed by atoms with Gasteiger partial charge in [-0.15, -0.1) is 0 Å². The van der Waals surface area contributed by atoms with E-state index in [1.54, 1.807) is 18.2 Å². The molecule has 0 spiro atoms. The zero-order chi connectivity index (χ0) is 14.7. The van der Waals surface area contributed by atoms with E-state index in [0.717, 1.165) is 10.0 Å². The summed E-state index contributed by atoms with van der Waals surface area (Å²) >= 11 is 15.6. The van der Waals surface area contributed by atoms with Crippen molar-refractivity contribution in [2.24, 2.45) is 5.73 Å². The van der Waals surface area contributed by atoms with Crippen molar-refractivity contribution in [3.8, 4) is 5.75 Å². The van der Waals surface area contributed by atoms with Gasteiger partial charge in [0, 0.05) is 21.6 Å². The Balaban J connectivity index is 2.33. The van der Waals surface area contributed by atoms with Crippen LogP contribution in [0.3, 0.4) is 0 Å². The fourth-order valence-corrected chi connectivity index (χ4v) is 2.61. The first-order chi connectivity index (χ1) is 9.47. The Hall–Kier alpha value is -0.740. The van der Waals surface area contributed by atoms with Crippen molar-refractivity contribution in [3.05, 3.63) is 62.5 Å². The summed E-state index contributed by atoms with van der Waals surface area (Å²) in [6, 6.07) is 12.8. The standard InChI is InChI=1S/C15H14BrCl2NO/c1-9(19)15(10-3-2-4-11(16)7-10)20-14-8-12(17)5-6-13(14)18/h2-9,15H,19H2,1H3. The molecule has 0 radical (unpaired) electrons. The summed E-state index contributed by atoms with van der Waals surface area (Å²) in [4.78, 5) is 0. The van der Waals surface area contributed by atoms with Crippen LogP contribution in [0, 0.1) is 0 Å². The van der Waals surface area contributed by atoms with Crippen LogP contribution in [0.1, 0.15) is 18.6 Å². The molecule has 20 heavy (non-hydrogen) atoms. The van der Waals surface area contributed by atoms with Crippen LogP contribution in [-0.2, 0) is 0 Å². The molecule has 2 aromatic rings. The number of hydrogen-bond acceptors (Lipinski definition) is 2. The first-order valence-corrected chi connectivity index (χ1v) is 7.65. The van der Waals surface area contributed by atoms with Crippen LogP contribution < -0.4 is 10.5 Å². The first-order valence-electron chi connectivity index (χ1n) is 6.10. The summed E-state index contributed by atoms with van der Waals surface area (Å²) in [6.45, 7) is 1.89. The summed E-state index contributed by atoms with van der Waals surface area (Å²) in [5.74, 6) is 0.529. The SMILES string of the molecule is CC(N)C(Oc1cc(Cl)ccc1Cl)c1cccc(Br)c1. The van der Waals surface area contributed by atoms with Gasteiger partial charge in [-0.1, -0.05) is 51.3 Å². The van der Waals surface area contributed by atoms with Crippen molar-refractivity contribution < 1.29 is 4.74 Å². The van der Waals surface area contributed by atoms with Gasteiger partial charge in [-0.3, -0.25) is 0 Å². The number of hydrogen-bond donors (Lipinski definition) is 1. The fraction of sp³-hybridized carbons (Fsp3) is 0.200. The quantitative estimate of drug-likeness (QED) is 0.795. The van der Waals surface area contributed by atoms with Gasteiger partial charge in [0.2, 0.25) is 0 Å². The molecule has 0 heterocycles. The molecule has 2 unspecified atom stereocenters. The molecule has 5 heteroatoms. The average molecular weight is 375 g/mol. The van der Waals surface area contributed by atoms with Crippen LogP contribution in [0.4, 0.5) is 0 Å². The van der Waals surface area contributed by atoms with Crippen molar-refractivity contribution in [1.82, 2.24) is 0 Å². The van der Waals surface area contributed by atoms with Crippen molar-refractivity contribution in [2.45, 2.75) is 19.1 Å². The summed E-state index contributed by atoms with van der Waals surface area (Å²) < 4.78 is 6.94. The van der Waals surface area contributed by atoms with Crippen molar-refractivity contribution >= 4 is 39.1 Å². The highest BCUT2D eigenvalue weighted by Gasteiger charge is 2.20. The molecule has 0 saturated heterocycles. The van der Waals surface area contributed by atoms with Crippen molar-refractivity contribution in [1.29, 1.82) is 0 Å². The van der Waals surface area contributed by atoms with Gasteiger partial charge in [0.25, 0.3) is 0 Å². The maximum atomic E-state index is 6.13. The molecule has 2 aromatic carbocycles. The van der Waals surface area contributed by atoms with Crippen molar-refractivity contribution in [2.75, 3.05) is 0 Å². The van der Waals surface area contributed by atoms with E-state index in [0.29, 0.717) is 15.8 Å². The minimum absolute atomic E-state index is 0.195. The van der Waals surface area contributed by atoms with Crippen molar-refractivity contribution in [3.63, 3.8) is 0 Å². The minimum Gasteiger partial charge on any atom is -0.482 e. The Bertz CT molecular complexity index is 604. The molecular formula is C15H14BrCl2NO. The van der Waals surface area contributed by atoms with Gasteiger partial charge in [0.1, 0.15) is 11.9 Å². The highest BCUT2D eigenvalue weighted by Crippen LogP contribution is 2.33. The molecule has 0 bridgehead atoms. The molecule has 2 N–H and O–H groups in total. The van der Waals surface area contributed by atoms with E-state index in [4.69, 9.17) is 33.7 Å². The van der Waals surface area contributed by atoms with E-state index in [9.17, 15) is 0 Å². The predicted octanol–water partition coefficient (Wildman–Crippen LogP) is 5.22. The minimum atomic E-state index is -0.302. The molecule has 106 valence electrons. The molecule has 2 atom stereocenters. The monoisotopic (exact) mass is 373 g/mol. The van der Waals surface area contributed by atoms with Gasteiger partial charge in [-0.2, -0.15) is 0 Å². The smallest absolute Gasteiger partial charge is 0.140 e. The fourth-order valence-electron chi connectivity index (χ4n) is 1.87. The molecule has 0 aliphatic heterocycles. The van der Waals surface area contributed by atoms with Crippen LogP contribution in [0.2, 0.25) is 10.0 Å². The lowest BCUT2D eigenvalue weighted by molar-refractivity contribution is 0.180. The molecule has 2 nitrogen and oxygen atoms in total. The van der Waals surface area contributed by atoms with Gasteiger partial charge < -0.3 is 10.5 Å². The zero-order valence-corrected chi connectivity index (χ0v) is 13.9. The van der Waals surface area contributed by atoms with Crippen LogP contribution in [0.5, 0.6) is 5.75 Å². The second-order valence-electron chi connectivity index (χ2n) is 4.53. The average Bonchev–Trinajstić information content (AvgIpc) is 2.39.